The monoisotopic (exact) mass is 238 g/mol. The smallest absolute Gasteiger partial charge is 0.137 e. The van der Waals surface area contributed by atoms with E-state index in [0.29, 0.717) is 25.7 Å². The Labute approximate surface area is 103 Å². The van der Waals surface area contributed by atoms with Gasteiger partial charge < -0.3 is 15.2 Å². The summed E-state index contributed by atoms with van der Waals surface area (Å²) in [6, 6.07) is 3.86. The van der Waals surface area contributed by atoms with E-state index in [9.17, 15) is 0 Å². The Bertz CT molecular complexity index is 299. The molecule has 4 nitrogen and oxygen atoms in total. The first-order chi connectivity index (χ1) is 8.22. The Morgan fingerprint density at radius 2 is 2.12 bits per heavy atom. The van der Waals surface area contributed by atoms with E-state index in [4.69, 9.17) is 15.2 Å². The maximum Gasteiger partial charge on any atom is 0.137 e. The summed E-state index contributed by atoms with van der Waals surface area (Å²) in [5, 5.41) is 0. The molecule has 96 valence electrons. The molecule has 0 aromatic carbocycles. The predicted molar refractivity (Wildman–Crippen MR) is 68.1 cm³/mol. The average Bonchev–Trinajstić information content (AvgIpc) is 2.31. The van der Waals surface area contributed by atoms with Crippen molar-refractivity contribution < 1.29 is 9.47 Å². The Balaban J connectivity index is 2.18. The van der Waals surface area contributed by atoms with Gasteiger partial charge in [0.25, 0.3) is 0 Å². The van der Waals surface area contributed by atoms with E-state index in [2.05, 4.69) is 18.8 Å². The standard InChI is InChI=1S/C13H22N2O2/c1-11(2)10-16-7-8-17-13-4-3-12(5-6-14)15-9-13/h3-4,9,11H,5-8,10,14H2,1-2H3. The number of rotatable bonds is 8. The lowest BCUT2D eigenvalue weighted by Crippen LogP contribution is -2.10. The minimum absolute atomic E-state index is 0.560. The number of aromatic nitrogens is 1. The van der Waals surface area contributed by atoms with Crippen molar-refractivity contribution in [2.24, 2.45) is 11.7 Å². The van der Waals surface area contributed by atoms with Gasteiger partial charge in [-0.3, -0.25) is 4.98 Å². The van der Waals surface area contributed by atoms with E-state index < -0.39 is 0 Å². The molecule has 1 aromatic heterocycles. The van der Waals surface area contributed by atoms with Crippen LogP contribution < -0.4 is 10.5 Å². The van der Waals surface area contributed by atoms with Gasteiger partial charge in [0.2, 0.25) is 0 Å². The van der Waals surface area contributed by atoms with E-state index in [-0.39, 0.29) is 0 Å². The highest BCUT2D eigenvalue weighted by Crippen LogP contribution is 2.09. The highest BCUT2D eigenvalue weighted by atomic mass is 16.5. The summed E-state index contributed by atoms with van der Waals surface area (Å²) >= 11 is 0. The second-order valence-corrected chi connectivity index (χ2v) is 4.34. The molecule has 0 aliphatic rings. The summed E-state index contributed by atoms with van der Waals surface area (Å²) in [7, 11) is 0. The second-order valence-electron chi connectivity index (χ2n) is 4.34. The van der Waals surface area contributed by atoms with Crippen molar-refractivity contribution in [3.63, 3.8) is 0 Å². The van der Waals surface area contributed by atoms with Crippen LogP contribution in [0.25, 0.3) is 0 Å². The third-order valence-electron chi connectivity index (χ3n) is 2.15. The fraction of sp³-hybridized carbons (Fsp3) is 0.615. The molecule has 0 saturated carbocycles. The molecule has 0 spiro atoms. The van der Waals surface area contributed by atoms with E-state index >= 15 is 0 Å². The van der Waals surface area contributed by atoms with Gasteiger partial charge in [0.1, 0.15) is 12.4 Å². The largest absolute Gasteiger partial charge is 0.490 e. The van der Waals surface area contributed by atoms with Gasteiger partial charge >= 0.3 is 0 Å². The lowest BCUT2D eigenvalue weighted by Gasteiger charge is -2.08. The van der Waals surface area contributed by atoms with Crippen LogP contribution in [0.2, 0.25) is 0 Å². The molecule has 1 aromatic rings. The Hall–Kier alpha value is -1.13. The van der Waals surface area contributed by atoms with Gasteiger partial charge in [-0.1, -0.05) is 13.8 Å². The molecule has 1 rings (SSSR count). The van der Waals surface area contributed by atoms with Crippen molar-refractivity contribution in [2.75, 3.05) is 26.4 Å². The maximum absolute atomic E-state index is 5.50. The Kier molecular flexibility index (Phi) is 6.58. The molecule has 0 unspecified atom stereocenters. The molecular weight excluding hydrogens is 216 g/mol. The minimum Gasteiger partial charge on any atom is -0.490 e. The fourth-order valence-corrected chi connectivity index (χ4v) is 1.33. The summed E-state index contributed by atoms with van der Waals surface area (Å²) < 4.78 is 10.9. The van der Waals surface area contributed by atoms with E-state index in [0.717, 1.165) is 24.5 Å². The molecule has 4 heteroatoms. The molecule has 0 aliphatic carbocycles. The molecule has 0 fully saturated rings. The zero-order chi connectivity index (χ0) is 12.5. The van der Waals surface area contributed by atoms with E-state index in [1.807, 2.05) is 12.1 Å². The maximum atomic E-state index is 5.50. The van der Waals surface area contributed by atoms with Crippen LogP contribution in [0.4, 0.5) is 0 Å². The van der Waals surface area contributed by atoms with Gasteiger partial charge in [0.05, 0.1) is 12.8 Å². The van der Waals surface area contributed by atoms with Crippen molar-refractivity contribution in [3.05, 3.63) is 24.0 Å². The second kappa shape index (κ2) is 8.03. The first-order valence-electron chi connectivity index (χ1n) is 6.08. The average molecular weight is 238 g/mol. The summed E-state index contributed by atoms with van der Waals surface area (Å²) in [5.74, 6) is 1.34. The molecule has 0 amide bonds. The molecule has 2 N–H and O–H groups in total. The lowest BCUT2D eigenvalue weighted by atomic mass is 10.2. The molecule has 1 heterocycles. The molecular formula is C13H22N2O2. The van der Waals surface area contributed by atoms with Gasteiger partial charge in [-0.15, -0.1) is 0 Å². The number of nitrogens with zero attached hydrogens (tertiary/aromatic N) is 1. The van der Waals surface area contributed by atoms with Crippen molar-refractivity contribution in [1.82, 2.24) is 4.98 Å². The normalized spacial score (nSPS) is 10.8. The van der Waals surface area contributed by atoms with Gasteiger partial charge in [-0.25, -0.2) is 0 Å². The van der Waals surface area contributed by atoms with Crippen molar-refractivity contribution >= 4 is 0 Å². The number of hydrogen-bond donors (Lipinski definition) is 1. The minimum atomic E-state index is 0.560. The van der Waals surface area contributed by atoms with Crippen LogP contribution in [-0.2, 0) is 11.2 Å². The van der Waals surface area contributed by atoms with Gasteiger partial charge in [0, 0.05) is 18.7 Å². The van der Waals surface area contributed by atoms with Crippen molar-refractivity contribution in [1.29, 1.82) is 0 Å². The number of nitrogens with two attached hydrogens (primary N) is 1. The molecule has 0 bridgehead atoms. The van der Waals surface area contributed by atoms with Crippen molar-refractivity contribution in [3.8, 4) is 5.75 Å². The first kappa shape index (κ1) is 13.9. The first-order valence-corrected chi connectivity index (χ1v) is 6.08. The topological polar surface area (TPSA) is 57.4 Å². The van der Waals surface area contributed by atoms with Crippen LogP contribution >= 0.6 is 0 Å². The fourth-order valence-electron chi connectivity index (χ4n) is 1.33. The van der Waals surface area contributed by atoms with Crippen LogP contribution in [0.5, 0.6) is 5.75 Å². The Morgan fingerprint density at radius 1 is 1.29 bits per heavy atom. The van der Waals surface area contributed by atoms with Crippen LogP contribution in [0.1, 0.15) is 19.5 Å². The summed E-state index contributed by atoms with van der Waals surface area (Å²) in [6.07, 6.45) is 2.53. The Morgan fingerprint density at radius 3 is 2.71 bits per heavy atom. The highest BCUT2D eigenvalue weighted by Gasteiger charge is 1.97. The van der Waals surface area contributed by atoms with Crippen LogP contribution in [0.3, 0.4) is 0 Å². The van der Waals surface area contributed by atoms with Gasteiger partial charge in [0.15, 0.2) is 0 Å². The SMILES string of the molecule is CC(C)COCCOc1ccc(CCN)nc1. The quantitative estimate of drug-likeness (QED) is 0.699. The van der Waals surface area contributed by atoms with Crippen LogP contribution in [0.15, 0.2) is 18.3 Å². The molecule has 0 radical (unpaired) electrons. The molecule has 0 atom stereocenters. The number of hydrogen-bond acceptors (Lipinski definition) is 4. The predicted octanol–water partition coefficient (Wildman–Crippen LogP) is 1.63. The summed E-state index contributed by atoms with van der Waals surface area (Å²) in [6.45, 7) is 6.82. The highest BCUT2D eigenvalue weighted by molar-refractivity contribution is 5.19. The number of pyridine rings is 1. The van der Waals surface area contributed by atoms with Gasteiger partial charge in [-0.05, 0) is 24.6 Å². The molecule has 0 saturated heterocycles. The van der Waals surface area contributed by atoms with Crippen LogP contribution in [-0.4, -0.2) is 31.3 Å². The van der Waals surface area contributed by atoms with E-state index in [1.165, 1.54) is 0 Å². The molecule has 17 heavy (non-hydrogen) atoms. The lowest BCUT2D eigenvalue weighted by molar-refractivity contribution is 0.0818. The summed E-state index contributed by atoms with van der Waals surface area (Å²) in [5.41, 5.74) is 6.44. The molecule has 0 aliphatic heterocycles. The zero-order valence-corrected chi connectivity index (χ0v) is 10.7. The zero-order valence-electron chi connectivity index (χ0n) is 10.7. The van der Waals surface area contributed by atoms with E-state index in [1.54, 1.807) is 6.20 Å². The van der Waals surface area contributed by atoms with Gasteiger partial charge in [-0.2, -0.15) is 0 Å². The number of ether oxygens (including phenoxy) is 2. The van der Waals surface area contributed by atoms with Crippen molar-refractivity contribution in [2.45, 2.75) is 20.3 Å². The third kappa shape index (κ3) is 6.24. The van der Waals surface area contributed by atoms with Crippen LogP contribution in [0, 0.1) is 5.92 Å². The summed E-state index contributed by atoms with van der Waals surface area (Å²) in [4.78, 5) is 4.25. The third-order valence-corrected chi connectivity index (χ3v) is 2.15.